The van der Waals surface area contributed by atoms with Gasteiger partial charge in [0.1, 0.15) is 5.75 Å². The summed E-state index contributed by atoms with van der Waals surface area (Å²) in [6, 6.07) is 13.2. The second-order valence-electron chi connectivity index (χ2n) is 7.44. The maximum Gasteiger partial charge on any atom is 0.276 e. The number of anilines is 1. The number of hydrogen-bond donors (Lipinski definition) is 3. The molecule has 0 bridgehead atoms. The number of ether oxygens (including phenoxy) is 1. The summed E-state index contributed by atoms with van der Waals surface area (Å²) in [5, 5.41) is 2.78. The van der Waals surface area contributed by atoms with E-state index in [0.29, 0.717) is 5.75 Å². The van der Waals surface area contributed by atoms with Crippen LogP contribution in [-0.4, -0.2) is 24.3 Å². The molecule has 0 atom stereocenters. The Hall–Kier alpha value is -3.35. The van der Waals surface area contributed by atoms with Crippen molar-refractivity contribution < 1.29 is 19.1 Å². The number of nitrogens with one attached hydrogen (secondary N) is 3. The van der Waals surface area contributed by atoms with Gasteiger partial charge in [0.05, 0.1) is 0 Å². The van der Waals surface area contributed by atoms with Crippen LogP contribution in [0, 0.1) is 13.8 Å². The summed E-state index contributed by atoms with van der Waals surface area (Å²) >= 11 is 0. The summed E-state index contributed by atoms with van der Waals surface area (Å²) in [4.78, 5) is 35.8. The van der Waals surface area contributed by atoms with Crippen LogP contribution >= 0.6 is 0 Å². The number of benzene rings is 2. The zero-order valence-corrected chi connectivity index (χ0v) is 17.9. The van der Waals surface area contributed by atoms with Gasteiger partial charge < -0.3 is 10.1 Å². The smallest absolute Gasteiger partial charge is 0.276 e. The summed E-state index contributed by atoms with van der Waals surface area (Å²) < 4.78 is 5.55. The quantitative estimate of drug-likeness (QED) is 0.580. The lowest BCUT2D eigenvalue weighted by molar-refractivity contribution is -0.130. The average Bonchev–Trinajstić information content (AvgIpc) is 2.71. The molecular formula is C23H29N3O4. The largest absolute Gasteiger partial charge is 0.483 e. The monoisotopic (exact) mass is 411 g/mol. The summed E-state index contributed by atoms with van der Waals surface area (Å²) in [6.45, 7) is 7.74. The maximum atomic E-state index is 12.0. The Labute approximate surface area is 177 Å². The number of hydrazine groups is 1. The van der Waals surface area contributed by atoms with Crippen molar-refractivity contribution in [2.24, 2.45) is 0 Å². The van der Waals surface area contributed by atoms with Crippen molar-refractivity contribution >= 4 is 23.4 Å². The molecule has 0 aliphatic rings. The minimum atomic E-state index is -0.485. The Kier molecular flexibility index (Phi) is 8.41. The van der Waals surface area contributed by atoms with Gasteiger partial charge in [0.25, 0.3) is 5.91 Å². The van der Waals surface area contributed by atoms with Crippen LogP contribution < -0.4 is 20.9 Å². The van der Waals surface area contributed by atoms with E-state index in [1.165, 1.54) is 0 Å². The van der Waals surface area contributed by atoms with Gasteiger partial charge >= 0.3 is 0 Å². The Morgan fingerprint density at radius 3 is 2.27 bits per heavy atom. The highest BCUT2D eigenvalue weighted by Gasteiger charge is 2.11. The topological polar surface area (TPSA) is 96.5 Å². The first-order valence-electron chi connectivity index (χ1n) is 9.92. The van der Waals surface area contributed by atoms with E-state index in [1.54, 1.807) is 6.07 Å². The molecule has 7 heteroatoms. The number of aryl methyl sites for hydroxylation is 2. The first kappa shape index (κ1) is 22.9. The van der Waals surface area contributed by atoms with Gasteiger partial charge in [-0.1, -0.05) is 49.7 Å². The van der Waals surface area contributed by atoms with Crippen molar-refractivity contribution in [3.05, 3.63) is 59.2 Å². The van der Waals surface area contributed by atoms with Gasteiger partial charge in [-0.25, -0.2) is 0 Å². The van der Waals surface area contributed by atoms with E-state index in [0.717, 1.165) is 22.4 Å². The zero-order valence-electron chi connectivity index (χ0n) is 17.9. The number of carbonyl (C=O) groups excluding carboxylic acids is 3. The van der Waals surface area contributed by atoms with Crippen LogP contribution in [0.2, 0.25) is 0 Å². The Morgan fingerprint density at radius 1 is 0.900 bits per heavy atom. The molecule has 0 heterocycles. The highest BCUT2D eigenvalue weighted by molar-refractivity contribution is 5.94. The highest BCUT2D eigenvalue weighted by Crippen LogP contribution is 2.25. The third kappa shape index (κ3) is 7.24. The fourth-order valence-electron chi connectivity index (χ4n) is 2.86. The highest BCUT2D eigenvalue weighted by atomic mass is 16.5. The van der Waals surface area contributed by atoms with Crippen LogP contribution in [-0.2, 0) is 14.4 Å². The number of rotatable bonds is 8. The molecule has 0 saturated heterocycles. The summed E-state index contributed by atoms with van der Waals surface area (Å²) in [5.74, 6) is -0.309. The average molecular weight is 412 g/mol. The van der Waals surface area contributed by atoms with Crippen LogP contribution in [0.4, 0.5) is 5.69 Å². The molecule has 0 aliphatic carbocycles. The summed E-state index contributed by atoms with van der Waals surface area (Å²) in [5.41, 5.74) is 8.38. The molecule has 160 valence electrons. The first-order chi connectivity index (χ1) is 14.3. The van der Waals surface area contributed by atoms with Crippen molar-refractivity contribution in [1.82, 2.24) is 10.9 Å². The normalized spacial score (nSPS) is 10.4. The molecule has 0 radical (unpaired) electrons. The number of hydrogen-bond acceptors (Lipinski definition) is 4. The molecular weight excluding hydrogens is 382 g/mol. The van der Waals surface area contributed by atoms with E-state index < -0.39 is 11.8 Å². The Bertz CT molecular complexity index is 909. The van der Waals surface area contributed by atoms with Crippen molar-refractivity contribution in [2.45, 2.75) is 46.5 Å². The van der Waals surface area contributed by atoms with E-state index in [-0.39, 0.29) is 31.3 Å². The van der Waals surface area contributed by atoms with Gasteiger partial charge in [0.15, 0.2) is 6.61 Å². The van der Waals surface area contributed by atoms with Crippen LogP contribution in [0.15, 0.2) is 42.5 Å². The van der Waals surface area contributed by atoms with Gasteiger partial charge in [-0.3, -0.25) is 25.2 Å². The van der Waals surface area contributed by atoms with Crippen LogP contribution in [0.5, 0.6) is 5.75 Å². The lowest BCUT2D eigenvalue weighted by Crippen LogP contribution is -2.44. The number of carbonyl (C=O) groups is 3. The van der Waals surface area contributed by atoms with E-state index in [9.17, 15) is 14.4 Å². The molecule has 0 unspecified atom stereocenters. The predicted molar refractivity (Wildman–Crippen MR) is 116 cm³/mol. The molecule has 0 saturated carbocycles. The molecule has 0 spiro atoms. The fourth-order valence-corrected chi connectivity index (χ4v) is 2.86. The molecule has 2 aromatic carbocycles. The van der Waals surface area contributed by atoms with Crippen LogP contribution in [0.25, 0.3) is 0 Å². The molecule has 30 heavy (non-hydrogen) atoms. The molecule has 3 amide bonds. The molecule has 3 N–H and O–H groups in total. The fraction of sp³-hybridized carbons (Fsp3) is 0.348. The van der Waals surface area contributed by atoms with Gasteiger partial charge in [-0.15, -0.1) is 0 Å². The zero-order chi connectivity index (χ0) is 22.1. The van der Waals surface area contributed by atoms with E-state index in [2.05, 4.69) is 16.2 Å². The van der Waals surface area contributed by atoms with Gasteiger partial charge in [-0.05, 0) is 43.0 Å². The van der Waals surface area contributed by atoms with E-state index in [4.69, 9.17) is 4.74 Å². The predicted octanol–water partition coefficient (Wildman–Crippen LogP) is 3.37. The third-order valence-corrected chi connectivity index (χ3v) is 4.48. The second-order valence-corrected chi connectivity index (χ2v) is 7.44. The molecule has 0 aliphatic heterocycles. The lowest BCUT2D eigenvalue weighted by atomic mass is 10.0. The molecule has 0 fully saturated rings. The van der Waals surface area contributed by atoms with E-state index in [1.807, 2.05) is 64.1 Å². The molecule has 7 nitrogen and oxygen atoms in total. The van der Waals surface area contributed by atoms with Crippen molar-refractivity contribution in [1.29, 1.82) is 0 Å². The third-order valence-electron chi connectivity index (χ3n) is 4.48. The standard InChI is InChI=1S/C23H29N3O4/c1-15(2)18-7-5-6-8-20(18)30-14-23(29)26-25-22(28)12-11-21(27)24-19-10-9-16(3)13-17(19)4/h5-10,13,15H,11-12,14H2,1-4H3,(H,24,27)(H,25,28)(H,26,29). The first-order valence-corrected chi connectivity index (χ1v) is 9.92. The van der Waals surface area contributed by atoms with Crippen molar-refractivity contribution in [2.75, 3.05) is 11.9 Å². The minimum Gasteiger partial charge on any atom is -0.483 e. The summed E-state index contributed by atoms with van der Waals surface area (Å²) in [7, 11) is 0. The van der Waals surface area contributed by atoms with Crippen LogP contribution in [0.1, 0.15) is 49.3 Å². The molecule has 0 aromatic heterocycles. The van der Waals surface area contributed by atoms with Crippen molar-refractivity contribution in [3.8, 4) is 5.75 Å². The maximum absolute atomic E-state index is 12.0. The number of para-hydroxylation sites is 1. The lowest BCUT2D eigenvalue weighted by Gasteiger charge is -2.14. The minimum absolute atomic E-state index is 0.00723. The second kappa shape index (κ2) is 11.0. The summed E-state index contributed by atoms with van der Waals surface area (Å²) in [6.07, 6.45) is -0.0403. The Balaban J connectivity index is 1.70. The van der Waals surface area contributed by atoms with Gasteiger partial charge in [0.2, 0.25) is 11.8 Å². The molecule has 2 rings (SSSR count). The SMILES string of the molecule is Cc1ccc(NC(=O)CCC(=O)NNC(=O)COc2ccccc2C(C)C)c(C)c1. The van der Waals surface area contributed by atoms with Crippen LogP contribution in [0.3, 0.4) is 0 Å². The van der Waals surface area contributed by atoms with Crippen molar-refractivity contribution in [3.63, 3.8) is 0 Å². The number of amides is 3. The Morgan fingerprint density at radius 2 is 1.57 bits per heavy atom. The van der Waals surface area contributed by atoms with Gasteiger partial charge in [-0.2, -0.15) is 0 Å². The van der Waals surface area contributed by atoms with Gasteiger partial charge in [0, 0.05) is 18.5 Å². The molecule has 2 aromatic rings. The van der Waals surface area contributed by atoms with E-state index >= 15 is 0 Å².